The fourth-order valence-electron chi connectivity index (χ4n) is 2.00. The third-order valence-corrected chi connectivity index (χ3v) is 3.49. The summed E-state index contributed by atoms with van der Waals surface area (Å²) in [6.45, 7) is 3.64. The van der Waals surface area contributed by atoms with Crippen molar-refractivity contribution in [3.63, 3.8) is 0 Å². The van der Waals surface area contributed by atoms with E-state index in [0.29, 0.717) is 0 Å². The first-order valence-electron chi connectivity index (χ1n) is 6.77. The van der Waals surface area contributed by atoms with Crippen molar-refractivity contribution < 1.29 is 0 Å². The fourth-order valence-corrected chi connectivity index (χ4v) is 2.20. The Kier molecular flexibility index (Phi) is 5.99. The van der Waals surface area contributed by atoms with E-state index in [0.717, 1.165) is 31.2 Å². The number of likely N-dealkylation sites (N-methyl/N-ethyl adjacent to an activating group) is 1. The van der Waals surface area contributed by atoms with E-state index < -0.39 is 0 Å². The molecule has 1 aromatic heterocycles. The highest BCUT2D eigenvalue weighted by Gasteiger charge is 2.03. The molecule has 0 aliphatic carbocycles. The fraction of sp³-hybridized carbons (Fsp3) is 0.312. The van der Waals surface area contributed by atoms with Gasteiger partial charge in [0.1, 0.15) is 0 Å². The van der Waals surface area contributed by atoms with E-state index in [1.165, 1.54) is 11.1 Å². The molecule has 0 aliphatic rings. The lowest BCUT2D eigenvalue weighted by molar-refractivity contribution is 0.324. The molecule has 3 nitrogen and oxygen atoms in total. The SMILES string of the molecule is CN(CCNCc1cccnc1)Cc1ccccc1Cl. The number of nitrogens with one attached hydrogen (secondary N) is 1. The van der Waals surface area contributed by atoms with Crippen LogP contribution in [0.3, 0.4) is 0 Å². The number of benzene rings is 1. The molecule has 106 valence electrons. The van der Waals surface area contributed by atoms with Gasteiger partial charge in [-0.25, -0.2) is 0 Å². The average molecular weight is 290 g/mol. The molecule has 0 amide bonds. The second-order valence-electron chi connectivity index (χ2n) is 4.87. The van der Waals surface area contributed by atoms with Gasteiger partial charge in [0.2, 0.25) is 0 Å². The Labute approximate surface area is 125 Å². The quantitative estimate of drug-likeness (QED) is 0.795. The van der Waals surface area contributed by atoms with E-state index in [1.807, 2.05) is 30.5 Å². The Morgan fingerprint density at radius 3 is 2.80 bits per heavy atom. The second kappa shape index (κ2) is 8.00. The molecule has 0 radical (unpaired) electrons. The van der Waals surface area contributed by atoms with Crippen LogP contribution in [0.2, 0.25) is 5.02 Å². The van der Waals surface area contributed by atoms with Crippen molar-refractivity contribution in [1.29, 1.82) is 0 Å². The first kappa shape index (κ1) is 15.0. The molecule has 0 bridgehead atoms. The molecule has 0 unspecified atom stereocenters. The zero-order chi connectivity index (χ0) is 14.2. The Morgan fingerprint density at radius 2 is 2.05 bits per heavy atom. The number of halogens is 1. The lowest BCUT2D eigenvalue weighted by atomic mass is 10.2. The number of nitrogens with zero attached hydrogens (tertiary/aromatic N) is 2. The van der Waals surface area contributed by atoms with Crippen LogP contribution in [-0.2, 0) is 13.1 Å². The minimum Gasteiger partial charge on any atom is -0.311 e. The smallest absolute Gasteiger partial charge is 0.0451 e. The molecule has 2 rings (SSSR count). The van der Waals surface area contributed by atoms with Crippen LogP contribution in [0.1, 0.15) is 11.1 Å². The minimum absolute atomic E-state index is 0.836. The predicted octanol–water partition coefficient (Wildman–Crippen LogP) is 2.96. The van der Waals surface area contributed by atoms with Crippen molar-refractivity contribution in [1.82, 2.24) is 15.2 Å². The molecular formula is C16H20ClN3. The molecule has 1 heterocycles. The van der Waals surface area contributed by atoms with Crippen LogP contribution in [0.15, 0.2) is 48.8 Å². The summed E-state index contributed by atoms with van der Waals surface area (Å²) >= 11 is 6.16. The molecule has 1 N–H and O–H groups in total. The lowest BCUT2D eigenvalue weighted by Crippen LogP contribution is -2.28. The van der Waals surface area contributed by atoms with Crippen molar-refractivity contribution in [3.05, 3.63) is 64.9 Å². The van der Waals surface area contributed by atoms with Crippen molar-refractivity contribution in [2.75, 3.05) is 20.1 Å². The van der Waals surface area contributed by atoms with Gasteiger partial charge in [-0.05, 0) is 30.3 Å². The normalized spacial score (nSPS) is 10.9. The zero-order valence-corrected chi connectivity index (χ0v) is 12.5. The summed E-state index contributed by atoms with van der Waals surface area (Å²) in [6, 6.07) is 12.0. The second-order valence-corrected chi connectivity index (χ2v) is 5.27. The zero-order valence-electron chi connectivity index (χ0n) is 11.7. The van der Waals surface area contributed by atoms with Gasteiger partial charge in [-0.1, -0.05) is 35.9 Å². The van der Waals surface area contributed by atoms with E-state index >= 15 is 0 Å². The first-order valence-corrected chi connectivity index (χ1v) is 7.15. The Hall–Kier alpha value is -1.42. The Morgan fingerprint density at radius 1 is 1.20 bits per heavy atom. The third-order valence-electron chi connectivity index (χ3n) is 3.12. The number of aromatic nitrogens is 1. The maximum Gasteiger partial charge on any atom is 0.0451 e. The maximum absolute atomic E-state index is 6.16. The number of rotatable bonds is 7. The van der Waals surface area contributed by atoms with Gasteiger partial charge in [-0.15, -0.1) is 0 Å². The summed E-state index contributed by atoms with van der Waals surface area (Å²) in [5.41, 5.74) is 2.38. The van der Waals surface area contributed by atoms with Crippen LogP contribution in [0.5, 0.6) is 0 Å². The van der Waals surface area contributed by atoms with E-state index in [4.69, 9.17) is 11.6 Å². The summed E-state index contributed by atoms with van der Waals surface area (Å²) in [4.78, 5) is 6.36. The standard InChI is InChI=1S/C16H20ClN3/c1-20(13-15-6-2-3-7-16(15)17)10-9-19-12-14-5-4-8-18-11-14/h2-8,11,19H,9-10,12-13H2,1H3. The summed E-state index contributed by atoms with van der Waals surface area (Å²) in [6.07, 6.45) is 3.68. The molecule has 20 heavy (non-hydrogen) atoms. The average Bonchev–Trinajstić information content (AvgIpc) is 2.47. The molecule has 0 aliphatic heterocycles. The molecule has 0 spiro atoms. The summed E-state index contributed by atoms with van der Waals surface area (Å²) in [5.74, 6) is 0. The molecule has 0 atom stereocenters. The number of hydrogen-bond donors (Lipinski definition) is 1. The predicted molar refractivity (Wildman–Crippen MR) is 83.7 cm³/mol. The van der Waals surface area contributed by atoms with Crippen molar-refractivity contribution in [2.24, 2.45) is 0 Å². The van der Waals surface area contributed by atoms with Crippen LogP contribution in [0.4, 0.5) is 0 Å². The Balaban J connectivity index is 1.68. The van der Waals surface area contributed by atoms with Gasteiger partial charge in [0.15, 0.2) is 0 Å². The van der Waals surface area contributed by atoms with Crippen LogP contribution in [0.25, 0.3) is 0 Å². The van der Waals surface area contributed by atoms with Gasteiger partial charge in [0.25, 0.3) is 0 Å². The van der Waals surface area contributed by atoms with Gasteiger partial charge in [-0.3, -0.25) is 4.98 Å². The first-order chi connectivity index (χ1) is 9.75. The minimum atomic E-state index is 0.836. The van der Waals surface area contributed by atoms with Gasteiger partial charge >= 0.3 is 0 Å². The van der Waals surface area contributed by atoms with Gasteiger partial charge in [0.05, 0.1) is 0 Å². The van der Waals surface area contributed by atoms with Crippen LogP contribution in [-0.4, -0.2) is 30.0 Å². The van der Waals surface area contributed by atoms with E-state index in [1.54, 1.807) is 6.20 Å². The highest BCUT2D eigenvalue weighted by molar-refractivity contribution is 6.31. The van der Waals surface area contributed by atoms with Gasteiger partial charge in [0, 0.05) is 43.6 Å². The highest BCUT2D eigenvalue weighted by Crippen LogP contribution is 2.16. The molecule has 4 heteroatoms. The molecule has 2 aromatic rings. The summed E-state index contributed by atoms with van der Waals surface area (Å²) in [5, 5.41) is 4.25. The number of hydrogen-bond acceptors (Lipinski definition) is 3. The largest absolute Gasteiger partial charge is 0.311 e. The monoisotopic (exact) mass is 289 g/mol. The van der Waals surface area contributed by atoms with Crippen molar-refractivity contribution >= 4 is 11.6 Å². The van der Waals surface area contributed by atoms with E-state index in [-0.39, 0.29) is 0 Å². The highest BCUT2D eigenvalue weighted by atomic mass is 35.5. The van der Waals surface area contributed by atoms with Crippen LogP contribution in [0, 0.1) is 0 Å². The van der Waals surface area contributed by atoms with Crippen molar-refractivity contribution in [2.45, 2.75) is 13.1 Å². The molecule has 0 fully saturated rings. The van der Waals surface area contributed by atoms with Crippen LogP contribution < -0.4 is 5.32 Å². The lowest BCUT2D eigenvalue weighted by Gasteiger charge is -2.17. The maximum atomic E-state index is 6.16. The number of pyridine rings is 1. The van der Waals surface area contributed by atoms with E-state index in [9.17, 15) is 0 Å². The molecular weight excluding hydrogens is 270 g/mol. The summed E-state index contributed by atoms with van der Waals surface area (Å²) < 4.78 is 0. The van der Waals surface area contributed by atoms with Crippen molar-refractivity contribution in [3.8, 4) is 0 Å². The Bertz CT molecular complexity index is 516. The van der Waals surface area contributed by atoms with Crippen LogP contribution >= 0.6 is 11.6 Å². The van der Waals surface area contributed by atoms with E-state index in [2.05, 4.69) is 34.4 Å². The van der Waals surface area contributed by atoms with Gasteiger partial charge in [-0.2, -0.15) is 0 Å². The molecule has 0 saturated carbocycles. The summed E-state index contributed by atoms with van der Waals surface area (Å²) in [7, 11) is 2.11. The molecule has 0 saturated heterocycles. The molecule has 1 aromatic carbocycles. The van der Waals surface area contributed by atoms with Gasteiger partial charge < -0.3 is 10.2 Å². The topological polar surface area (TPSA) is 28.2 Å². The third kappa shape index (κ3) is 4.93.